The van der Waals surface area contributed by atoms with Crippen molar-refractivity contribution in [3.63, 3.8) is 0 Å². The summed E-state index contributed by atoms with van der Waals surface area (Å²) in [6, 6.07) is 2.32. The van der Waals surface area contributed by atoms with E-state index in [1.54, 1.807) is 0 Å². The van der Waals surface area contributed by atoms with Crippen LogP contribution < -0.4 is 0 Å². The Hall–Kier alpha value is -0.590. The molecule has 74 valence electrons. The predicted octanol–water partition coefficient (Wildman–Crippen LogP) is 0.991. The van der Waals surface area contributed by atoms with E-state index in [1.165, 1.54) is 0 Å². The Morgan fingerprint density at radius 1 is 1.62 bits per heavy atom. The number of hydrogen-bond acceptors (Lipinski definition) is 3. The number of rotatable bonds is 4. The van der Waals surface area contributed by atoms with Gasteiger partial charge in [0.15, 0.2) is 0 Å². The summed E-state index contributed by atoms with van der Waals surface area (Å²) in [4.78, 5) is 2.09. The molecule has 0 bridgehead atoms. The Bertz CT molecular complexity index is 194. The molecule has 0 aromatic rings. The van der Waals surface area contributed by atoms with Gasteiger partial charge < -0.3 is 5.11 Å². The number of hydrogen-bond donors (Lipinski definition) is 1. The van der Waals surface area contributed by atoms with Gasteiger partial charge in [0.2, 0.25) is 0 Å². The summed E-state index contributed by atoms with van der Waals surface area (Å²) in [5, 5.41) is 17.9. The first kappa shape index (κ1) is 10.5. The zero-order chi connectivity index (χ0) is 9.84. The first-order valence-corrected chi connectivity index (χ1v) is 4.95. The van der Waals surface area contributed by atoms with Crippen molar-refractivity contribution in [1.29, 1.82) is 5.26 Å². The van der Waals surface area contributed by atoms with Crippen LogP contribution in [0.3, 0.4) is 0 Å². The smallest absolute Gasteiger partial charge is 0.0972 e. The topological polar surface area (TPSA) is 47.3 Å². The van der Waals surface area contributed by atoms with Crippen LogP contribution in [0, 0.1) is 17.2 Å². The Labute approximate surface area is 80.0 Å². The summed E-state index contributed by atoms with van der Waals surface area (Å²) in [7, 11) is 1.99. The molecule has 0 aromatic heterocycles. The van der Waals surface area contributed by atoms with E-state index in [2.05, 4.69) is 11.0 Å². The molecule has 0 radical (unpaired) electrons. The predicted molar refractivity (Wildman–Crippen MR) is 51.1 cm³/mol. The van der Waals surface area contributed by atoms with E-state index >= 15 is 0 Å². The molecule has 1 atom stereocenters. The molecule has 1 fully saturated rings. The zero-order valence-electron chi connectivity index (χ0n) is 8.40. The van der Waals surface area contributed by atoms with Crippen LogP contribution in [0.15, 0.2) is 0 Å². The lowest BCUT2D eigenvalue weighted by molar-refractivity contribution is 0.0251. The molecular formula is C10H18N2O. The van der Waals surface area contributed by atoms with Gasteiger partial charge in [-0.1, -0.05) is 6.92 Å². The van der Waals surface area contributed by atoms with Crippen LogP contribution in [0.25, 0.3) is 0 Å². The third-order valence-corrected chi connectivity index (χ3v) is 2.82. The fourth-order valence-electron chi connectivity index (χ4n) is 1.89. The van der Waals surface area contributed by atoms with E-state index < -0.39 is 0 Å². The lowest BCUT2D eigenvalue weighted by atomic mass is 9.82. The molecule has 1 N–H and O–H groups in total. The number of nitriles is 1. The Balaban J connectivity index is 2.24. The molecule has 3 heteroatoms. The molecule has 0 heterocycles. The molecule has 13 heavy (non-hydrogen) atoms. The Kier molecular flexibility index (Phi) is 3.71. The van der Waals surface area contributed by atoms with E-state index in [0.29, 0.717) is 5.92 Å². The summed E-state index contributed by atoms with van der Waals surface area (Å²) in [6.07, 6.45) is 2.61. The van der Waals surface area contributed by atoms with Crippen molar-refractivity contribution in [2.75, 3.05) is 13.6 Å². The quantitative estimate of drug-likeness (QED) is 0.705. The average Bonchev–Trinajstić information content (AvgIpc) is 2.04. The monoisotopic (exact) mass is 182 g/mol. The molecule has 1 aliphatic carbocycles. The second kappa shape index (κ2) is 4.59. The lowest BCUT2D eigenvalue weighted by Gasteiger charge is -2.35. The molecule has 1 rings (SSSR count). The van der Waals surface area contributed by atoms with Gasteiger partial charge >= 0.3 is 0 Å². The highest BCUT2D eigenvalue weighted by atomic mass is 16.3. The summed E-state index contributed by atoms with van der Waals surface area (Å²) in [6.45, 7) is 2.98. The van der Waals surface area contributed by atoms with Gasteiger partial charge in [-0.3, -0.25) is 4.90 Å². The highest BCUT2D eigenvalue weighted by Gasteiger charge is 2.29. The standard InChI is InChI=1S/C10H18N2O/c1-3-9(6-11)12(2)7-8-4-10(13)5-8/h8-10,13H,3-5,7H2,1-2H3. The van der Waals surface area contributed by atoms with E-state index in [1.807, 2.05) is 14.0 Å². The van der Waals surface area contributed by atoms with Crippen LogP contribution in [0.5, 0.6) is 0 Å². The molecule has 0 aliphatic heterocycles. The molecule has 3 nitrogen and oxygen atoms in total. The van der Waals surface area contributed by atoms with Gasteiger partial charge in [-0.15, -0.1) is 0 Å². The Morgan fingerprint density at radius 2 is 2.23 bits per heavy atom. The largest absolute Gasteiger partial charge is 0.393 e. The van der Waals surface area contributed by atoms with Gasteiger partial charge in [0.05, 0.1) is 18.2 Å². The number of aliphatic hydroxyl groups is 1. The average molecular weight is 182 g/mol. The fourth-order valence-corrected chi connectivity index (χ4v) is 1.89. The van der Waals surface area contributed by atoms with Crippen LogP contribution in [-0.2, 0) is 0 Å². The third kappa shape index (κ3) is 2.68. The molecule has 1 aliphatic rings. The highest BCUT2D eigenvalue weighted by molar-refractivity contribution is 4.91. The lowest BCUT2D eigenvalue weighted by Crippen LogP contribution is -2.40. The van der Waals surface area contributed by atoms with Crippen molar-refractivity contribution in [1.82, 2.24) is 4.90 Å². The summed E-state index contributed by atoms with van der Waals surface area (Å²) in [5.74, 6) is 0.599. The van der Waals surface area contributed by atoms with Crippen LogP contribution in [0.1, 0.15) is 26.2 Å². The van der Waals surface area contributed by atoms with Crippen molar-refractivity contribution in [3.8, 4) is 6.07 Å². The minimum absolute atomic E-state index is 0.0396. The van der Waals surface area contributed by atoms with E-state index in [9.17, 15) is 0 Å². The third-order valence-electron chi connectivity index (χ3n) is 2.82. The summed E-state index contributed by atoms with van der Waals surface area (Å²) >= 11 is 0. The maximum atomic E-state index is 9.10. The fraction of sp³-hybridized carbons (Fsp3) is 0.900. The van der Waals surface area contributed by atoms with Crippen molar-refractivity contribution in [2.45, 2.75) is 38.3 Å². The van der Waals surface area contributed by atoms with Crippen molar-refractivity contribution < 1.29 is 5.11 Å². The molecular weight excluding hydrogens is 164 g/mol. The van der Waals surface area contributed by atoms with Gasteiger partial charge in [-0.25, -0.2) is 0 Å². The first-order chi connectivity index (χ1) is 6.17. The second-order valence-electron chi connectivity index (χ2n) is 3.98. The van der Waals surface area contributed by atoms with Crippen molar-refractivity contribution in [3.05, 3.63) is 0 Å². The molecule has 1 saturated carbocycles. The van der Waals surface area contributed by atoms with Gasteiger partial charge in [0.25, 0.3) is 0 Å². The van der Waals surface area contributed by atoms with Crippen molar-refractivity contribution >= 4 is 0 Å². The maximum Gasteiger partial charge on any atom is 0.0972 e. The van der Waals surface area contributed by atoms with Gasteiger partial charge in [0.1, 0.15) is 0 Å². The van der Waals surface area contributed by atoms with Crippen LogP contribution >= 0.6 is 0 Å². The molecule has 0 aromatic carbocycles. The maximum absolute atomic E-state index is 9.10. The number of aliphatic hydroxyl groups excluding tert-OH is 1. The molecule has 0 spiro atoms. The molecule has 0 saturated heterocycles. The normalized spacial score (nSPS) is 29.5. The molecule has 1 unspecified atom stereocenters. The highest BCUT2D eigenvalue weighted by Crippen LogP contribution is 2.28. The minimum atomic E-state index is -0.0828. The van der Waals surface area contributed by atoms with Crippen LogP contribution in [0.2, 0.25) is 0 Å². The summed E-state index contributed by atoms with van der Waals surface area (Å²) < 4.78 is 0. The molecule has 0 amide bonds. The Morgan fingerprint density at radius 3 is 2.62 bits per heavy atom. The van der Waals surface area contributed by atoms with Crippen LogP contribution in [-0.4, -0.2) is 35.7 Å². The minimum Gasteiger partial charge on any atom is -0.393 e. The van der Waals surface area contributed by atoms with Crippen molar-refractivity contribution in [2.24, 2.45) is 5.92 Å². The van der Waals surface area contributed by atoms with Gasteiger partial charge in [0, 0.05) is 6.54 Å². The van der Waals surface area contributed by atoms with E-state index in [0.717, 1.165) is 25.8 Å². The zero-order valence-corrected chi connectivity index (χ0v) is 8.40. The first-order valence-electron chi connectivity index (χ1n) is 4.95. The SMILES string of the molecule is CCC(C#N)N(C)CC1CC(O)C1. The number of nitrogens with zero attached hydrogens (tertiary/aromatic N) is 2. The van der Waals surface area contributed by atoms with Gasteiger partial charge in [-0.05, 0) is 32.2 Å². The van der Waals surface area contributed by atoms with E-state index in [4.69, 9.17) is 10.4 Å². The second-order valence-corrected chi connectivity index (χ2v) is 3.98. The van der Waals surface area contributed by atoms with Crippen LogP contribution in [0.4, 0.5) is 0 Å². The van der Waals surface area contributed by atoms with E-state index in [-0.39, 0.29) is 12.1 Å². The van der Waals surface area contributed by atoms with Gasteiger partial charge in [-0.2, -0.15) is 5.26 Å². The summed E-state index contributed by atoms with van der Waals surface area (Å²) in [5.41, 5.74) is 0.